The van der Waals surface area contributed by atoms with Crippen molar-refractivity contribution >= 4 is 45.9 Å². The van der Waals surface area contributed by atoms with Crippen LogP contribution in [0.3, 0.4) is 0 Å². The second-order valence-corrected chi connectivity index (χ2v) is 9.18. The van der Waals surface area contributed by atoms with Crippen LogP contribution in [-0.2, 0) is 11.3 Å². The van der Waals surface area contributed by atoms with Crippen molar-refractivity contribution in [1.29, 1.82) is 0 Å². The number of nitro groups is 1. The Labute approximate surface area is 223 Å². The fourth-order valence-electron chi connectivity index (χ4n) is 3.88. The lowest BCUT2D eigenvalue weighted by molar-refractivity contribution is -0.384. The molecule has 0 fully saturated rings. The Morgan fingerprint density at radius 1 is 1.03 bits per heavy atom. The number of carbonyl (C=O) groups excluding carboxylic acids is 2. The second kappa shape index (κ2) is 12.2. The predicted octanol–water partition coefficient (Wildman–Crippen LogP) is 4.73. The Morgan fingerprint density at radius 3 is 2.50 bits per heavy atom. The minimum atomic E-state index is -0.506. The molecule has 3 aromatic carbocycles. The van der Waals surface area contributed by atoms with Crippen molar-refractivity contribution in [2.45, 2.75) is 11.4 Å². The van der Waals surface area contributed by atoms with E-state index in [-0.39, 0.29) is 23.3 Å². The van der Waals surface area contributed by atoms with E-state index in [2.05, 4.69) is 10.6 Å². The highest BCUT2D eigenvalue weighted by molar-refractivity contribution is 8.00. The van der Waals surface area contributed by atoms with E-state index >= 15 is 0 Å². The van der Waals surface area contributed by atoms with Crippen LogP contribution >= 0.6 is 11.8 Å². The van der Waals surface area contributed by atoms with Gasteiger partial charge in [-0.25, -0.2) is 0 Å². The van der Waals surface area contributed by atoms with E-state index in [1.807, 2.05) is 35.0 Å². The first-order chi connectivity index (χ1) is 18.4. The van der Waals surface area contributed by atoms with Gasteiger partial charge < -0.3 is 24.7 Å². The molecule has 0 spiro atoms. The molecule has 0 aliphatic heterocycles. The number of anilines is 1. The summed E-state index contributed by atoms with van der Waals surface area (Å²) in [4.78, 5) is 36.4. The Kier molecular flexibility index (Phi) is 8.49. The molecule has 0 bridgehead atoms. The first-order valence-electron chi connectivity index (χ1n) is 11.6. The minimum Gasteiger partial charge on any atom is -0.497 e. The lowest BCUT2D eigenvalue weighted by atomic mass is 10.2. The quantitative estimate of drug-likeness (QED) is 0.162. The molecule has 0 radical (unpaired) electrons. The number of nitro benzene ring substituents is 1. The van der Waals surface area contributed by atoms with Crippen molar-refractivity contribution in [3.63, 3.8) is 0 Å². The van der Waals surface area contributed by atoms with Crippen molar-refractivity contribution in [3.8, 4) is 11.5 Å². The molecule has 0 aliphatic rings. The Hall–Kier alpha value is -4.51. The van der Waals surface area contributed by atoms with Gasteiger partial charge in [-0.05, 0) is 30.3 Å². The first kappa shape index (κ1) is 26.6. The number of carbonyl (C=O) groups is 2. The third-order valence-electron chi connectivity index (χ3n) is 5.77. The van der Waals surface area contributed by atoms with E-state index in [1.54, 1.807) is 25.3 Å². The SMILES string of the molecule is COc1ccc(OC)c(NC(=O)CSc2cn(CCNC(=O)c3ccc([N+](=O)[O-])cc3)c3ccccc23)c1. The standard InChI is InChI=1S/C27H26N4O6S/c1-36-20-11-12-24(37-2)22(15-20)29-26(32)17-38-25-16-30(23-6-4-3-5-21(23)25)14-13-28-27(33)18-7-9-19(10-8-18)31(34)35/h3-12,15-16H,13-14,17H2,1-2H3,(H,28,33)(H,29,32). The number of fused-ring (bicyclic) bond motifs is 1. The van der Waals surface area contributed by atoms with E-state index in [0.29, 0.717) is 35.8 Å². The summed E-state index contributed by atoms with van der Waals surface area (Å²) in [5.41, 5.74) is 1.79. The number of thioether (sulfide) groups is 1. The molecule has 2 N–H and O–H groups in total. The molecule has 196 valence electrons. The van der Waals surface area contributed by atoms with Crippen LogP contribution in [0.25, 0.3) is 10.9 Å². The summed E-state index contributed by atoms with van der Waals surface area (Å²) in [5, 5.41) is 17.5. The van der Waals surface area contributed by atoms with Gasteiger partial charge in [-0.3, -0.25) is 19.7 Å². The van der Waals surface area contributed by atoms with Gasteiger partial charge in [0.25, 0.3) is 11.6 Å². The molecule has 1 aromatic heterocycles. The maximum absolute atomic E-state index is 12.7. The average Bonchev–Trinajstić information content (AvgIpc) is 3.29. The third kappa shape index (κ3) is 6.24. The normalized spacial score (nSPS) is 10.7. The minimum absolute atomic E-state index is 0.0679. The summed E-state index contributed by atoms with van der Waals surface area (Å²) in [5.74, 6) is 0.837. The van der Waals surface area contributed by atoms with Gasteiger partial charge in [-0.1, -0.05) is 18.2 Å². The molecule has 0 unspecified atom stereocenters. The number of nitrogens with zero attached hydrogens (tertiary/aromatic N) is 2. The molecule has 38 heavy (non-hydrogen) atoms. The number of para-hydroxylation sites is 1. The zero-order valence-electron chi connectivity index (χ0n) is 20.8. The lowest BCUT2D eigenvalue weighted by Gasteiger charge is -2.11. The summed E-state index contributed by atoms with van der Waals surface area (Å²) >= 11 is 1.41. The summed E-state index contributed by atoms with van der Waals surface area (Å²) < 4.78 is 12.6. The maximum Gasteiger partial charge on any atom is 0.269 e. The molecule has 0 saturated heterocycles. The maximum atomic E-state index is 12.7. The smallest absolute Gasteiger partial charge is 0.269 e. The van der Waals surface area contributed by atoms with Crippen LogP contribution in [0.15, 0.2) is 77.8 Å². The number of benzene rings is 3. The highest BCUT2D eigenvalue weighted by Gasteiger charge is 2.14. The molecule has 1 heterocycles. The number of aromatic nitrogens is 1. The van der Waals surface area contributed by atoms with Crippen LogP contribution in [0.1, 0.15) is 10.4 Å². The van der Waals surface area contributed by atoms with Gasteiger partial charge in [-0.15, -0.1) is 11.8 Å². The number of hydrogen-bond acceptors (Lipinski definition) is 7. The molecule has 0 aliphatic carbocycles. The fraction of sp³-hybridized carbons (Fsp3) is 0.185. The number of nitrogens with one attached hydrogen (secondary N) is 2. The predicted molar refractivity (Wildman–Crippen MR) is 146 cm³/mol. The monoisotopic (exact) mass is 534 g/mol. The summed E-state index contributed by atoms with van der Waals surface area (Å²) in [7, 11) is 3.09. The number of non-ortho nitro benzene ring substituents is 1. The number of methoxy groups -OCH3 is 2. The topological polar surface area (TPSA) is 125 Å². The highest BCUT2D eigenvalue weighted by atomic mass is 32.2. The average molecular weight is 535 g/mol. The van der Waals surface area contributed by atoms with Gasteiger partial charge in [0, 0.05) is 58.8 Å². The first-order valence-corrected chi connectivity index (χ1v) is 12.6. The molecule has 0 saturated carbocycles. The van der Waals surface area contributed by atoms with Crippen LogP contribution < -0.4 is 20.1 Å². The summed E-state index contributed by atoms with van der Waals surface area (Å²) in [6.07, 6.45) is 1.97. The molecule has 4 rings (SSSR count). The summed E-state index contributed by atoms with van der Waals surface area (Å²) in [6, 6.07) is 18.5. The van der Waals surface area contributed by atoms with Gasteiger partial charge in [-0.2, -0.15) is 0 Å². The van der Waals surface area contributed by atoms with E-state index in [1.165, 1.54) is 43.1 Å². The van der Waals surface area contributed by atoms with Gasteiger partial charge in [0.15, 0.2) is 0 Å². The van der Waals surface area contributed by atoms with Gasteiger partial charge in [0.05, 0.1) is 30.6 Å². The number of rotatable bonds is 11. The molecular weight excluding hydrogens is 508 g/mol. The molecule has 4 aromatic rings. The third-order valence-corrected chi connectivity index (χ3v) is 6.81. The van der Waals surface area contributed by atoms with Crippen molar-refractivity contribution < 1.29 is 24.0 Å². The number of hydrogen-bond donors (Lipinski definition) is 2. The second-order valence-electron chi connectivity index (χ2n) is 8.17. The van der Waals surface area contributed by atoms with E-state index < -0.39 is 4.92 Å². The van der Waals surface area contributed by atoms with Crippen LogP contribution in [0.4, 0.5) is 11.4 Å². The van der Waals surface area contributed by atoms with Gasteiger partial charge in [0.1, 0.15) is 11.5 Å². The van der Waals surface area contributed by atoms with Crippen LogP contribution in [-0.4, -0.2) is 47.8 Å². The van der Waals surface area contributed by atoms with E-state index in [0.717, 1.165) is 15.8 Å². The zero-order valence-corrected chi connectivity index (χ0v) is 21.6. The lowest BCUT2D eigenvalue weighted by Crippen LogP contribution is -2.27. The van der Waals surface area contributed by atoms with Crippen LogP contribution in [0, 0.1) is 10.1 Å². The Bertz CT molecular complexity index is 1470. The summed E-state index contributed by atoms with van der Waals surface area (Å²) in [6.45, 7) is 0.863. The number of ether oxygens (including phenoxy) is 2. The van der Waals surface area contributed by atoms with Gasteiger partial charge >= 0.3 is 0 Å². The van der Waals surface area contributed by atoms with Crippen molar-refractivity contribution in [3.05, 3.63) is 88.6 Å². The number of amides is 2. The Morgan fingerprint density at radius 2 is 1.79 bits per heavy atom. The molecule has 2 amide bonds. The van der Waals surface area contributed by atoms with Crippen LogP contribution in [0.5, 0.6) is 11.5 Å². The van der Waals surface area contributed by atoms with E-state index in [9.17, 15) is 19.7 Å². The van der Waals surface area contributed by atoms with Crippen LogP contribution in [0.2, 0.25) is 0 Å². The largest absolute Gasteiger partial charge is 0.497 e. The van der Waals surface area contributed by atoms with Crippen molar-refractivity contribution in [2.75, 3.05) is 31.8 Å². The molecular formula is C27H26N4O6S. The molecule has 11 heteroatoms. The molecule has 10 nitrogen and oxygen atoms in total. The van der Waals surface area contributed by atoms with Crippen molar-refractivity contribution in [1.82, 2.24) is 9.88 Å². The zero-order chi connectivity index (χ0) is 27.1. The fourth-order valence-corrected chi connectivity index (χ4v) is 4.77. The molecule has 0 atom stereocenters. The highest BCUT2D eigenvalue weighted by Crippen LogP contribution is 2.32. The van der Waals surface area contributed by atoms with E-state index in [4.69, 9.17) is 9.47 Å². The van der Waals surface area contributed by atoms with Crippen molar-refractivity contribution in [2.24, 2.45) is 0 Å². The Balaban J connectivity index is 1.38. The van der Waals surface area contributed by atoms with Gasteiger partial charge in [0.2, 0.25) is 5.91 Å².